The highest BCUT2D eigenvalue weighted by atomic mass is 32.2. The summed E-state index contributed by atoms with van der Waals surface area (Å²) in [7, 11) is -1.51. The molecule has 2 atom stereocenters. The van der Waals surface area contributed by atoms with Crippen molar-refractivity contribution in [3.05, 3.63) is 29.8 Å². The quantitative estimate of drug-likeness (QED) is 0.716. The maximum atomic E-state index is 12.0. The Labute approximate surface area is 147 Å². The fourth-order valence-corrected chi connectivity index (χ4v) is 4.36. The number of aryl methyl sites for hydroxylation is 1. The zero-order valence-electron chi connectivity index (χ0n) is 14.4. The van der Waals surface area contributed by atoms with Crippen molar-refractivity contribution >= 4 is 21.7 Å². The molecule has 1 aliphatic rings. The van der Waals surface area contributed by atoms with Gasteiger partial charge in [-0.15, -0.1) is 0 Å². The average Bonchev–Trinajstić information content (AvgIpc) is 2.91. The molecule has 1 aromatic rings. The van der Waals surface area contributed by atoms with Crippen LogP contribution >= 0.6 is 0 Å². The highest BCUT2D eigenvalue weighted by Gasteiger charge is 2.30. The Hall–Kier alpha value is -2.09. The number of methoxy groups -OCH3 is 1. The fraction of sp³-hybridized carbons (Fsp3) is 0.529. The van der Waals surface area contributed by atoms with Crippen molar-refractivity contribution in [3.8, 4) is 5.75 Å². The summed E-state index contributed by atoms with van der Waals surface area (Å²) >= 11 is 0. The third-order valence-corrected chi connectivity index (χ3v) is 5.82. The molecule has 1 N–H and O–H groups in total. The Kier molecular flexibility index (Phi) is 6.41. The van der Waals surface area contributed by atoms with Gasteiger partial charge in [0.25, 0.3) is 5.91 Å². The largest absolute Gasteiger partial charge is 0.496 e. The molecule has 25 heavy (non-hydrogen) atoms. The van der Waals surface area contributed by atoms with Gasteiger partial charge in [-0.3, -0.25) is 9.59 Å². The van der Waals surface area contributed by atoms with Crippen molar-refractivity contribution in [1.82, 2.24) is 5.32 Å². The molecular formula is C17H23NO6S. The van der Waals surface area contributed by atoms with Gasteiger partial charge < -0.3 is 14.8 Å². The van der Waals surface area contributed by atoms with E-state index < -0.39 is 33.9 Å². The Morgan fingerprint density at radius 3 is 2.68 bits per heavy atom. The molecule has 138 valence electrons. The van der Waals surface area contributed by atoms with Crippen LogP contribution in [0, 0.1) is 0 Å². The smallest absolute Gasteiger partial charge is 0.306 e. The molecule has 0 unspecified atom stereocenters. The van der Waals surface area contributed by atoms with E-state index in [0.29, 0.717) is 18.6 Å². The Balaban J connectivity index is 1.78. The van der Waals surface area contributed by atoms with Gasteiger partial charge in [0.05, 0.1) is 18.6 Å². The van der Waals surface area contributed by atoms with E-state index in [4.69, 9.17) is 9.47 Å². The second-order valence-electron chi connectivity index (χ2n) is 6.05. The highest BCUT2D eigenvalue weighted by molar-refractivity contribution is 7.91. The van der Waals surface area contributed by atoms with Gasteiger partial charge in [0.2, 0.25) is 0 Å². The van der Waals surface area contributed by atoms with E-state index in [0.717, 1.165) is 5.56 Å². The first-order valence-electron chi connectivity index (χ1n) is 8.13. The van der Waals surface area contributed by atoms with Crippen molar-refractivity contribution in [1.29, 1.82) is 0 Å². The van der Waals surface area contributed by atoms with Crippen LogP contribution in [0.15, 0.2) is 24.3 Å². The van der Waals surface area contributed by atoms with Crippen LogP contribution in [0.25, 0.3) is 0 Å². The first-order valence-corrected chi connectivity index (χ1v) is 9.95. The number of ether oxygens (including phenoxy) is 2. The lowest BCUT2D eigenvalue weighted by molar-refractivity contribution is -0.155. The van der Waals surface area contributed by atoms with Gasteiger partial charge in [-0.25, -0.2) is 8.42 Å². The zero-order valence-corrected chi connectivity index (χ0v) is 15.2. The molecule has 7 nitrogen and oxygen atoms in total. The molecule has 0 saturated carbocycles. The molecule has 0 spiro atoms. The topological polar surface area (TPSA) is 98.8 Å². The minimum atomic E-state index is -3.07. The zero-order chi connectivity index (χ0) is 18.4. The van der Waals surface area contributed by atoms with Crippen molar-refractivity contribution in [2.24, 2.45) is 0 Å². The Morgan fingerprint density at radius 2 is 2.04 bits per heavy atom. The molecule has 0 bridgehead atoms. The van der Waals surface area contributed by atoms with Gasteiger partial charge in [-0.2, -0.15) is 0 Å². The first-order chi connectivity index (χ1) is 11.8. The van der Waals surface area contributed by atoms with Crippen LogP contribution in [0.5, 0.6) is 5.75 Å². The summed E-state index contributed by atoms with van der Waals surface area (Å²) < 4.78 is 33.1. The fourth-order valence-electron chi connectivity index (χ4n) is 2.68. The molecule has 2 rings (SSSR count). The molecule has 0 aromatic heterocycles. The van der Waals surface area contributed by atoms with E-state index in [2.05, 4.69) is 5.32 Å². The lowest BCUT2D eigenvalue weighted by Crippen LogP contribution is -2.42. The predicted molar refractivity (Wildman–Crippen MR) is 92.1 cm³/mol. The number of para-hydroxylation sites is 1. The summed E-state index contributed by atoms with van der Waals surface area (Å²) in [4.78, 5) is 23.9. The average molecular weight is 369 g/mol. The second kappa shape index (κ2) is 8.33. The Morgan fingerprint density at radius 1 is 1.32 bits per heavy atom. The molecule has 1 aliphatic heterocycles. The van der Waals surface area contributed by atoms with Crippen LogP contribution in [-0.4, -0.2) is 51.1 Å². The molecule has 0 aliphatic carbocycles. The van der Waals surface area contributed by atoms with E-state index in [-0.39, 0.29) is 17.9 Å². The minimum absolute atomic E-state index is 0.0623. The predicted octanol–water partition coefficient (Wildman–Crippen LogP) is 0.863. The van der Waals surface area contributed by atoms with Gasteiger partial charge in [-0.1, -0.05) is 18.2 Å². The van der Waals surface area contributed by atoms with Crippen LogP contribution in [0.3, 0.4) is 0 Å². The number of esters is 1. The van der Waals surface area contributed by atoms with Crippen LogP contribution < -0.4 is 10.1 Å². The molecule has 1 heterocycles. The molecule has 8 heteroatoms. The van der Waals surface area contributed by atoms with Crippen molar-refractivity contribution < 1.29 is 27.5 Å². The number of benzene rings is 1. The number of carbonyl (C=O) groups is 2. The number of amides is 1. The van der Waals surface area contributed by atoms with Crippen molar-refractivity contribution in [2.45, 2.75) is 38.3 Å². The first kappa shape index (κ1) is 19.2. The molecule has 1 amide bonds. The maximum absolute atomic E-state index is 12.0. The van der Waals surface area contributed by atoms with Crippen molar-refractivity contribution in [3.63, 3.8) is 0 Å². The molecule has 1 fully saturated rings. The lowest BCUT2D eigenvalue weighted by atomic mass is 10.1. The monoisotopic (exact) mass is 369 g/mol. The maximum Gasteiger partial charge on any atom is 0.306 e. The third-order valence-electron chi connectivity index (χ3n) is 4.05. The van der Waals surface area contributed by atoms with Gasteiger partial charge in [0.1, 0.15) is 5.75 Å². The van der Waals surface area contributed by atoms with Crippen LogP contribution in [0.1, 0.15) is 25.3 Å². The van der Waals surface area contributed by atoms with Crippen LogP contribution in [0.4, 0.5) is 0 Å². The molecule has 1 saturated heterocycles. The number of sulfone groups is 1. The summed E-state index contributed by atoms with van der Waals surface area (Å²) in [5, 5.41) is 2.62. The normalized spacial score (nSPS) is 19.8. The van der Waals surface area contributed by atoms with E-state index in [1.165, 1.54) is 6.92 Å². The van der Waals surface area contributed by atoms with Gasteiger partial charge in [0.15, 0.2) is 15.9 Å². The van der Waals surface area contributed by atoms with Crippen LogP contribution in [-0.2, 0) is 30.6 Å². The van der Waals surface area contributed by atoms with Gasteiger partial charge >= 0.3 is 5.97 Å². The summed E-state index contributed by atoms with van der Waals surface area (Å²) in [6, 6.07) is 6.97. The molecular weight excluding hydrogens is 346 g/mol. The second-order valence-corrected chi connectivity index (χ2v) is 8.28. The van der Waals surface area contributed by atoms with Gasteiger partial charge in [-0.05, 0) is 31.4 Å². The number of hydrogen-bond donors (Lipinski definition) is 1. The number of carbonyl (C=O) groups excluding carboxylic acids is 2. The van der Waals surface area contributed by atoms with E-state index in [1.54, 1.807) is 7.11 Å². The summed E-state index contributed by atoms with van der Waals surface area (Å²) in [5.41, 5.74) is 0.884. The SMILES string of the molecule is COc1ccccc1CCC(=O)O[C@@H](C)C(=O)N[C@@H]1CCS(=O)(=O)C1. The minimum Gasteiger partial charge on any atom is -0.496 e. The molecule has 0 radical (unpaired) electrons. The van der Waals surface area contributed by atoms with Crippen molar-refractivity contribution in [2.75, 3.05) is 18.6 Å². The lowest BCUT2D eigenvalue weighted by Gasteiger charge is -2.16. The van der Waals surface area contributed by atoms with E-state index in [9.17, 15) is 18.0 Å². The number of rotatable bonds is 7. The summed E-state index contributed by atoms with van der Waals surface area (Å²) in [6.07, 6.45) is -0.00962. The summed E-state index contributed by atoms with van der Waals surface area (Å²) in [6.45, 7) is 1.47. The standard InChI is InChI=1S/C17H23NO6S/c1-12(17(20)18-14-9-10-25(21,22)11-14)24-16(19)8-7-13-5-3-4-6-15(13)23-2/h3-6,12,14H,7-11H2,1-2H3,(H,18,20)/t12-,14+/m0/s1. The van der Waals surface area contributed by atoms with Crippen LogP contribution in [0.2, 0.25) is 0 Å². The third kappa shape index (κ3) is 5.74. The van der Waals surface area contributed by atoms with Gasteiger partial charge in [0, 0.05) is 12.5 Å². The van der Waals surface area contributed by atoms with E-state index in [1.807, 2.05) is 24.3 Å². The molecule has 1 aromatic carbocycles. The summed E-state index contributed by atoms with van der Waals surface area (Å²) in [5.74, 6) is -0.262. The van der Waals surface area contributed by atoms with E-state index >= 15 is 0 Å². The number of hydrogen-bond acceptors (Lipinski definition) is 6. The highest BCUT2D eigenvalue weighted by Crippen LogP contribution is 2.19. The Bertz CT molecular complexity index is 730. The number of nitrogens with one attached hydrogen (secondary N) is 1.